The number of aryl methyl sites for hydroxylation is 1. The SMILES string of the molecule is COc1ccc(/C=C(/C#N)C(=O)NC[C@H]2CCCO2)cc1C. The lowest BCUT2D eigenvalue weighted by molar-refractivity contribution is -0.117. The highest BCUT2D eigenvalue weighted by Crippen LogP contribution is 2.20. The second-order valence-electron chi connectivity index (χ2n) is 5.24. The summed E-state index contributed by atoms with van der Waals surface area (Å²) in [7, 11) is 1.61. The minimum atomic E-state index is -0.369. The highest BCUT2D eigenvalue weighted by atomic mass is 16.5. The van der Waals surface area contributed by atoms with Gasteiger partial charge in [0.2, 0.25) is 0 Å². The molecule has 1 aliphatic rings. The van der Waals surface area contributed by atoms with Crippen LogP contribution in [0.4, 0.5) is 0 Å². The van der Waals surface area contributed by atoms with Crippen molar-refractivity contribution in [2.75, 3.05) is 20.3 Å². The number of methoxy groups -OCH3 is 1. The molecule has 1 saturated heterocycles. The maximum atomic E-state index is 12.1. The summed E-state index contributed by atoms with van der Waals surface area (Å²) >= 11 is 0. The molecule has 1 atom stereocenters. The average molecular weight is 300 g/mol. The second kappa shape index (κ2) is 7.62. The summed E-state index contributed by atoms with van der Waals surface area (Å²) in [6, 6.07) is 7.47. The van der Waals surface area contributed by atoms with E-state index >= 15 is 0 Å². The lowest BCUT2D eigenvalue weighted by Gasteiger charge is -2.10. The minimum Gasteiger partial charge on any atom is -0.496 e. The fourth-order valence-corrected chi connectivity index (χ4v) is 2.41. The smallest absolute Gasteiger partial charge is 0.262 e. The van der Waals surface area contributed by atoms with Gasteiger partial charge in [0.25, 0.3) is 5.91 Å². The number of ether oxygens (including phenoxy) is 2. The molecule has 0 spiro atoms. The molecule has 22 heavy (non-hydrogen) atoms. The predicted octanol–water partition coefficient (Wildman–Crippen LogP) is 2.21. The zero-order chi connectivity index (χ0) is 15.9. The summed E-state index contributed by atoms with van der Waals surface area (Å²) in [5.74, 6) is 0.407. The predicted molar refractivity (Wildman–Crippen MR) is 83.3 cm³/mol. The van der Waals surface area contributed by atoms with Crippen LogP contribution in [0.3, 0.4) is 0 Å². The first-order valence-electron chi connectivity index (χ1n) is 7.30. The Balaban J connectivity index is 2.04. The van der Waals surface area contributed by atoms with Crippen molar-refractivity contribution in [1.82, 2.24) is 5.32 Å². The maximum absolute atomic E-state index is 12.1. The molecule has 0 aromatic heterocycles. The summed E-state index contributed by atoms with van der Waals surface area (Å²) in [5.41, 5.74) is 1.83. The Hall–Kier alpha value is -2.32. The molecule has 2 rings (SSSR count). The molecule has 1 amide bonds. The molecule has 0 unspecified atom stereocenters. The monoisotopic (exact) mass is 300 g/mol. The second-order valence-corrected chi connectivity index (χ2v) is 5.24. The lowest BCUT2D eigenvalue weighted by Crippen LogP contribution is -2.32. The Kier molecular flexibility index (Phi) is 5.56. The van der Waals surface area contributed by atoms with Crippen LogP contribution in [-0.2, 0) is 9.53 Å². The van der Waals surface area contributed by atoms with Crippen LogP contribution in [0.15, 0.2) is 23.8 Å². The fourth-order valence-electron chi connectivity index (χ4n) is 2.41. The van der Waals surface area contributed by atoms with Crippen molar-refractivity contribution in [2.45, 2.75) is 25.9 Å². The van der Waals surface area contributed by atoms with Crippen LogP contribution in [0, 0.1) is 18.3 Å². The first-order valence-corrected chi connectivity index (χ1v) is 7.30. The van der Waals surface area contributed by atoms with Crippen LogP contribution in [0.5, 0.6) is 5.75 Å². The Morgan fingerprint density at radius 1 is 1.59 bits per heavy atom. The van der Waals surface area contributed by atoms with Crippen molar-refractivity contribution >= 4 is 12.0 Å². The zero-order valence-electron chi connectivity index (χ0n) is 12.9. The quantitative estimate of drug-likeness (QED) is 0.668. The largest absolute Gasteiger partial charge is 0.496 e. The number of carbonyl (C=O) groups is 1. The van der Waals surface area contributed by atoms with Crippen LogP contribution < -0.4 is 10.1 Å². The number of nitrogens with one attached hydrogen (secondary N) is 1. The summed E-state index contributed by atoms with van der Waals surface area (Å²) in [4.78, 5) is 12.1. The van der Waals surface area contributed by atoms with E-state index in [2.05, 4.69) is 5.32 Å². The van der Waals surface area contributed by atoms with E-state index < -0.39 is 0 Å². The van der Waals surface area contributed by atoms with E-state index in [1.807, 2.05) is 31.2 Å². The third kappa shape index (κ3) is 4.09. The van der Waals surface area contributed by atoms with E-state index in [0.29, 0.717) is 6.54 Å². The molecule has 0 bridgehead atoms. The van der Waals surface area contributed by atoms with E-state index in [1.54, 1.807) is 13.2 Å². The standard InChI is InChI=1S/C17H20N2O3/c1-12-8-13(5-6-16(12)21-2)9-14(10-18)17(20)19-11-15-4-3-7-22-15/h5-6,8-9,15H,3-4,7,11H2,1-2H3,(H,19,20)/b14-9-/t15-/m1/s1. The van der Waals surface area contributed by atoms with Gasteiger partial charge in [-0.25, -0.2) is 0 Å². The Morgan fingerprint density at radius 2 is 2.41 bits per heavy atom. The molecule has 0 saturated carbocycles. The van der Waals surface area contributed by atoms with Crippen LogP contribution in [-0.4, -0.2) is 32.3 Å². The fraction of sp³-hybridized carbons (Fsp3) is 0.412. The number of carbonyl (C=O) groups excluding carboxylic acids is 1. The van der Waals surface area contributed by atoms with Crippen molar-refractivity contribution in [3.63, 3.8) is 0 Å². The number of amides is 1. The van der Waals surface area contributed by atoms with E-state index in [-0.39, 0.29) is 17.6 Å². The molecule has 116 valence electrons. The highest BCUT2D eigenvalue weighted by molar-refractivity contribution is 6.01. The van der Waals surface area contributed by atoms with Crippen LogP contribution >= 0.6 is 0 Å². The first kappa shape index (κ1) is 16.1. The molecular weight excluding hydrogens is 280 g/mol. The third-order valence-corrected chi connectivity index (χ3v) is 3.61. The van der Waals surface area contributed by atoms with Crippen molar-refractivity contribution in [3.8, 4) is 11.8 Å². The van der Waals surface area contributed by atoms with E-state index in [4.69, 9.17) is 9.47 Å². The lowest BCUT2D eigenvalue weighted by atomic mass is 10.1. The van der Waals surface area contributed by atoms with Crippen molar-refractivity contribution in [3.05, 3.63) is 34.9 Å². The molecule has 5 heteroatoms. The number of rotatable bonds is 5. The number of hydrogen-bond acceptors (Lipinski definition) is 4. The van der Waals surface area contributed by atoms with Gasteiger partial charge in [0, 0.05) is 13.2 Å². The molecule has 0 radical (unpaired) electrons. The van der Waals surface area contributed by atoms with Gasteiger partial charge in [-0.3, -0.25) is 4.79 Å². The van der Waals surface area contributed by atoms with E-state index in [1.165, 1.54) is 0 Å². The Bertz CT molecular complexity index is 611. The summed E-state index contributed by atoms with van der Waals surface area (Å²) in [5, 5.41) is 11.9. The normalized spacial score (nSPS) is 17.9. The zero-order valence-corrected chi connectivity index (χ0v) is 12.9. The van der Waals surface area contributed by atoms with Gasteiger partial charge in [-0.15, -0.1) is 0 Å². The molecule has 5 nitrogen and oxygen atoms in total. The van der Waals surface area contributed by atoms with Gasteiger partial charge in [-0.1, -0.05) is 6.07 Å². The van der Waals surface area contributed by atoms with Crippen molar-refractivity contribution < 1.29 is 14.3 Å². The van der Waals surface area contributed by atoms with E-state index in [0.717, 1.165) is 36.3 Å². The molecule has 1 aliphatic heterocycles. The van der Waals surface area contributed by atoms with Crippen LogP contribution in [0.1, 0.15) is 24.0 Å². The third-order valence-electron chi connectivity index (χ3n) is 3.61. The molecule has 0 aliphatic carbocycles. The molecule has 1 fully saturated rings. The van der Waals surface area contributed by atoms with Crippen LogP contribution in [0.2, 0.25) is 0 Å². The number of benzene rings is 1. The number of hydrogen-bond donors (Lipinski definition) is 1. The first-order chi connectivity index (χ1) is 10.6. The van der Waals surface area contributed by atoms with Gasteiger partial charge < -0.3 is 14.8 Å². The molecular formula is C17H20N2O3. The van der Waals surface area contributed by atoms with Gasteiger partial charge in [-0.05, 0) is 49.1 Å². The Labute approximate surface area is 130 Å². The van der Waals surface area contributed by atoms with Crippen molar-refractivity contribution in [2.24, 2.45) is 0 Å². The average Bonchev–Trinajstić information content (AvgIpc) is 3.04. The topological polar surface area (TPSA) is 71.3 Å². The molecule has 1 heterocycles. The van der Waals surface area contributed by atoms with Gasteiger partial charge in [0.05, 0.1) is 13.2 Å². The number of nitriles is 1. The van der Waals surface area contributed by atoms with Gasteiger partial charge in [0.1, 0.15) is 17.4 Å². The molecule has 1 N–H and O–H groups in total. The highest BCUT2D eigenvalue weighted by Gasteiger charge is 2.17. The maximum Gasteiger partial charge on any atom is 0.262 e. The van der Waals surface area contributed by atoms with Gasteiger partial charge >= 0.3 is 0 Å². The number of nitrogens with zero attached hydrogens (tertiary/aromatic N) is 1. The van der Waals surface area contributed by atoms with Gasteiger partial charge in [-0.2, -0.15) is 5.26 Å². The summed E-state index contributed by atoms with van der Waals surface area (Å²) < 4.78 is 10.6. The van der Waals surface area contributed by atoms with Crippen molar-refractivity contribution in [1.29, 1.82) is 5.26 Å². The minimum absolute atomic E-state index is 0.0622. The summed E-state index contributed by atoms with van der Waals surface area (Å²) in [6.07, 6.45) is 3.61. The van der Waals surface area contributed by atoms with Crippen LogP contribution in [0.25, 0.3) is 6.08 Å². The Morgan fingerprint density at radius 3 is 3.00 bits per heavy atom. The summed E-state index contributed by atoms with van der Waals surface area (Å²) in [6.45, 7) is 3.10. The molecule has 1 aromatic carbocycles. The van der Waals surface area contributed by atoms with E-state index in [9.17, 15) is 10.1 Å². The molecule has 1 aromatic rings. The van der Waals surface area contributed by atoms with Gasteiger partial charge in [0.15, 0.2) is 0 Å².